The SMILES string of the molecule is NC1(C(=O)NCC2(O)CCOCC2)CCOCC1. The number of carbonyl (C=O) groups is 1. The van der Waals surface area contributed by atoms with E-state index < -0.39 is 11.1 Å². The largest absolute Gasteiger partial charge is 0.388 e. The molecule has 0 aromatic heterocycles. The molecule has 2 aliphatic heterocycles. The van der Waals surface area contributed by atoms with Crippen molar-refractivity contribution >= 4 is 5.91 Å². The van der Waals surface area contributed by atoms with E-state index in [-0.39, 0.29) is 12.5 Å². The minimum absolute atomic E-state index is 0.189. The van der Waals surface area contributed by atoms with Gasteiger partial charge in [0.15, 0.2) is 0 Å². The van der Waals surface area contributed by atoms with Crippen molar-refractivity contribution in [2.45, 2.75) is 36.8 Å². The maximum absolute atomic E-state index is 12.1. The molecule has 18 heavy (non-hydrogen) atoms. The van der Waals surface area contributed by atoms with Gasteiger partial charge in [-0.25, -0.2) is 0 Å². The molecule has 0 aromatic rings. The second-order valence-electron chi connectivity index (χ2n) is 5.29. The molecule has 2 saturated heterocycles. The molecule has 0 spiro atoms. The molecule has 2 aliphatic rings. The van der Waals surface area contributed by atoms with E-state index >= 15 is 0 Å². The van der Waals surface area contributed by atoms with E-state index in [1.165, 1.54) is 0 Å². The highest BCUT2D eigenvalue weighted by molar-refractivity contribution is 5.86. The summed E-state index contributed by atoms with van der Waals surface area (Å²) in [6.45, 7) is 2.35. The summed E-state index contributed by atoms with van der Waals surface area (Å²) >= 11 is 0. The second kappa shape index (κ2) is 5.52. The van der Waals surface area contributed by atoms with Gasteiger partial charge in [-0.15, -0.1) is 0 Å². The van der Waals surface area contributed by atoms with Crippen LogP contribution in [0, 0.1) is 0 Å². The predicted molar refractivity (Wildman–Crippen MR) is 65.0 cm³/mol. The third-order valence-corrected chi connectivity index (χ3v) is 3.84. The van der Waals surface area contributed by atoms with E-state index in [1.807, 2.05) is 0 Å². The van der Waals surface area contributed by atoms with Crippen LogP contribution in [-0.4, -0.2) is 55.1 Å². The van der Waals surface area contributed by atoms with Crippen LogP contribution in [0.15, 0.2) is 0 Å². The summed E-state index contributed by atoms with van der Waals surface area (Å²) in [4.78, 5) is 12.1. The fourth-order valence-corrected chi connectivity index (χ4v) is 2.31. The van der Waals surface area contributed by atoms with Crippen LogP contribution >= 0.6 is 0 Å². The Hall–Kier alpha value is -0.690. The van der Waals surface area contributed by atoms with Crippen molar-refractivity contribution in [3.63, 3.8) is 0 Å². The molecule has 0 unspecified atom stereocenters. The molecule has 0 saturated carbocycles. The Kier molecular flexibility index (Phi) is 4.21. The number of rotatable bonds is 3. The fourth-order valence-electron chi connectivity index (χ4n) is 2.31. The van der Waals surface area contributed by atoms with Gasteiger partial charge in [0.05, 0.1) is 11.1 Å². The van der Waals surface area contributed by atoms with E-state index in [0.29, 0.717) is 52.1 Å². The van der Waals surface area contributed by atoms with Crippen LogP contribution in [0.3, 0.4) is 0 Å². The van der Waals surface area contributed by atoms with Gasteiger partial charge in [-0.2, -0.15) is 0 Å². The molecule has 0 aliphatic carbocycles. The molecule has 2 fully saturated rings. The molecule has 2 rings (SSSR count). The topological polar surface area (TPSA) is 93.8 Å². The van der Waals surface area contributed by atoms with Gasteiger partial charge in [0.2, 0.25) is 5.91 Å². The van der Waals surface area contributed by atoms with Crippen LogP contribution in [0.5, 0.6) is 0 Å². The molecule has 0 atom stereocenters. The zero-order chi connectivity index (χ0) is 13.1. The average Bonchev–Trinajstić information content (AvgIpc) is 2.38. The van der Waals surface area contributed by atoms with E-state index in [4.69, 9.17) is 15.2 Å². The second-order valence-corrected chi connectivity index (χ2v) is 5.29. The predicted octanol–water partition coefficient (Wildman–Crippen LogP) is -0.848. The monoisotopic (exact) mass is 258 g/mol. The summed E-state index contributed by atoms with van der Waals surface area (Å²) in [7, 11) is 0. The minimum Gasteiger partial charge on any atom is -0.388 e. The van der Waals surface area contributed by atoms with Crippen molar-refractivity contribution in [1.29, 1.82) is 0 Å². The van der Waals surface area contributed by atoms with Gasteiger partial charge < -0.3 is 25.6 Å². The first kappa shape index (κ1) is 13.7. The Labute approximate surface area is 107 Å². The first-order chi connectivity index (χ1) is 8.54. The van der Waals surface area contributed by atoms with Crippen LogP contribution in [0.1, 0.15) is 25.7 Å². The molecule has 1 amide bonds. The first-order valence-electron chi connectivity index (χ1n) is 6.49. The lowest BCUT2D eigenvalue weighted by molar-refractivity contribution is -0.132. The maximum Gasteiger partial charge on any atom is 0.240 e. The summed E-state index contributed by atoms with van der Waals surface area (Å²) in [6.07, 6.45) is 2.16. The van der Waals surface area contributed by atoms with Crippen molar-refractivity contribution < 1.29 is 19.4 Å². The van der Waals surface area contributed by atoms with Gasteiger partial charge in [-0.05, 0) is 12.8 Å². The molecule has 2 heterocycles. The van der Waals surface area contributed by atoms with Crippen LogP contribution in [0.2, 0.25) is 0 Å². The molecular weight excluding hydrogens is 236 g/mol. The first-order valence-corrected chi connectivity index (χ1v) is 6.49. The number of amides is 1. The molecule has 6 nitrogen and oxygen atoms in total. The van der Waals surface area contributed by atoms with Crippen molar-refractivity contribution in [3.8, 4) is 0 Å². The van der Waals surface area contributed by atoms with Gasteiger partial charge in [0, 0.05) is 45.8 Å². The molecule has 0 bridgehead atoms. The number of hydrogen-bond acceptors (Lipinski definition) is 5. The Bertz CT molecular complexity index is 296. The molecule has 6 heteroatoms. The number of nitrogens with two attached hydrogens (primary N) is 1. The highest BCUT2D eigenvalue weighted by Gasteiger charge is 2.37. The van der Waals surface area contributed by atoms with Crippen LogP contribution in [0.4, 0.5) is 0 Å². The zero-order valence-electron chi connectivity index (χ0n) is 10.6. The summed E-state index contributed by atoms with van der Waals surface area (Å²) < 4.78 is 10.4. The van der Waals surface area contributed by atoms with Crippen LogP contribution in [0.25, 0.3) is 0 Å². The number of carbonyl (C=O) groups excluding carboxylic acids is 1. The maximum atomic E-state index is 12.1. The minimum atomic E-state index is -0.852. The number of hydrogen-bond donors (Lipinski definition) is 3. The highest BCUT2D eigenvalue weighted by Crippen LogP contribution is 2.21. The lowest BCUT2D eigenvalue weighted by atomic mass is 9.89. The normalized spacial score (nSPS) is 26.6. The van der Waals surface area contributed by atoms with Crippen molar-refractivity contribution in [2.75, 3.05) is 33.0 Å². The smallest absolute Gasteiger partial charge is 0.240 e. The Morgan fingerprint density at radius 2 is 1.61 bits per heavy atom. The molecule has 0 radical (unpaired) electrons. The van der Waals surface area contributed by atoms with Crippen molar-refractivity contribution in [1.82, 2.24) is 5.32 Å². The quantitative estimate of drug-likeness (QED) is 0.613. The fraction of sp³-hybridized carbons (Fsp3) is 0.917. The molecular formula is C12H22N2O4. The number of nitrogens with one attached hydrogen (secondary N) is 1. The Balaban J connectivity index is 1.83. The van der Waals surface area contributed by atoms with E-state index in [1.54, 1.807) is 0 Å². The average molecular weight is 258 g/mol. The van der Waals surface area contributed by atoms with Gasteiger partial charge in [0.25, 0.3) is 0 Å². The summed E-state index contributed by atoms with van der Waals surface area (Å²) in [5, 5.41) is 13.0. The molecule has 4 N–H and O–H groups in total. The van der Waals surface area contributed by atoms with E-state index in [9.17, 15) is 9.90 Å². The molecule has 0 aromatic carbocycles. The third-order valence-electron chi connectivity index (χ3n) is 3.84. The molecule has 104 valence electrons. The lowest BCUT2D eigenvalue weighted by Crippen LogP contribution is -2.59. The van der Waals surface area contributed by atoms with Gasteiger partial charge in [0.1, 0.15) is 0 Å². The Morgan fingerprint density at radius 3 is 2.17 bits per heavy atom. The summed E-state index contributed by atoms with van der Waals surface area (Å²) in [6, 6.07) is 0. The van der Waals surface area contributed by atoms with Gasteiger partial charge in [-0.1, -0.05) is 0 Å². The summed E-state index contributed by atoms with van der Waals surface area (Å²) in [5.74, 6) is -0.189. The van der Waals surface area contributed by atoms with E-state index in [0.717, 1.165) is 0 Å². The highest BCUT2D eigenvalue weighted by atomic mass is 16.5. The van der Waals surface area contributed by atoms with Gasteiger partial charge in [-0.3, -0.25) is 4.79 Å². The number of aliphatic hydroxyl groups is 1. The third kappa shape index (κ3) is 3.20. The standard InChI is InChI=1S/C12H22N2O4/c13-12(3-7-18-8-4-12)10(15)14-9-11(16)1-5-17-6-2-11/h16H,1-9,13H2,(H,14,15). The lowest BCUT2D eigenvalue weighted by Gasteiger charge is -2.35. The summed E-state index contributed by atoms with van der Waals surface area (Å²) in [5.41, 5.74) is 4.36. The van der Waals surface area contributed by atoms with Crippen molar-refractivity contribution in [2.24, 2.45) is 5.73 Å². The Morgan fingerprint density at radius 1 is 1.11 bits per heavy atom. The van der Waals surface area contributed by atoms with Crippen molar-refractivity contribution in [3.05, 3.63) is 0 Å². The van der Waals surface area contributed by atoms with Gasteiger partial charge >= 0.3 is 0 Å². The van der Waals surface area contributed by atoms with Crippen LogP contribution in [-0.2, 0) is 14.3 Å². The number of ether oxygens (including phenoxy) is 2. The van der Waals surface area contributed by atoms with Crippen LogP contribution < -0.4 is 11.1 Å². The zero-order valence-corrected chi connectivity index (χ0v) is 10.6. The van der Waals surface area contributed by atoms with E-state index in [2.05, 4.69) is 5.32 Å².